The molecule has 0 spiro atoms. The van der Waals surface area contributed by atoms with Gasteiger partial charge in [-0.3, -0.25) is 9.69 Å². The summed E-state index contributed by atoms with van der Waals surface area (Å²) in [5.41, 5.74) is 6.94. The van der Waals surface area contributed by atoms with Gasteiger partial charge < -0.3 is 20.5 Å². The molecule has 1 aromatic carbocycles. The van der Waals surface area contributed by atoms with E-state index in [1.807, 2.05) is 17.5 Å². The number of nitrogens with two attached hydrogens (primary N) is 1. The summed E-state index contributed by atoms with van der Waals surface area (Å²) < 4.78 is 10.8. The molecule has 2 aromatic rings. The number of aromatic nitrogens is 1. The Hall–Kier alpha value is -1.52. The van der Waals surface area contributed by atoms with E-state index in [-0.39, 0.29) is 5.91 Å². The number of rotatable bonds is 11. The molecule has 1 aromatic heterocycles. The molecule has 0 aliphatic carbocycles. The summed E-state index contributed by atoms with van der Waals surface area (Å²) in [6, 6.07) is 5.34. The van der Waals surface area contributed by atoms with Crippen LogP contribution < -0.4 is 11.1 Å². The van der Waals surface area contributed by atoms with Crippen molar-refractivity contribution in [2.75, 3.05) is 57.9 Å². The number of nitrogens with zero attached hydrogens (tertiary/aromatic N) is 2. The van der Waals surface area contributed by atoms with Crippen molar-refractivity contribution in [3.8, 4) is 10.6 Å². The first kappa shape index (κ1) is 23.1. The lowest BCUT2D eigenvalue weighted by Crippen LogP contribution is -2.28. The molecular formula is C20H24Cl2N4O3S. The van der Waals surface area contributed by atoms with Gasteiger partial charge in [-0.25, -0.2) is 4.98 Å². The first-order chi connectivity index (χ1) is 14.6. The maximum absolute atomic E-state index is 12.5. The van der Waals surface area contributed by atoms with Gasteiger partial charge in [0.05, 0.1) is 36.5 Å². The van der Waals surface area contributed by atoms with Gasteiger partial charge in [-0.2, -0.15) is 0 Å². The Balaban J connectivity index is 1.41. The molecular weight excluding hydrogens is 447 g/mol. The summed E-state index contributed by atoms with van der Waals surface area (Å²) >= 11 is 13.5. The van der Waals surface area contributed by atoms with Crippen LogP contribution in [0, 0.1) is 0 Å². The van der Waals surface area contributed by atoms with E-state index in [9.17, 15) is 4.79 Å². The van der Waals surface area contributed by atoms with Crippen molar-refractivity contribution in [2.24, 2.45) is 5.73 Å². The maximum Gasteiger partial charge on any atom is 0.253 e. The highest BCUT2D eigenvalue weighted by Crippen LogP contribution is 2.31. The highest BCUT2D eigenvalue weighted by atomic mass is 35.5. The van der Waals surface area contributed by atoms with E-state index in [1.165, 1.54) is 11.3 Å². The number of hydrogen-bond acceptors (Lipinski definition) is 7. The average Bonchev–Trinajstić information content (AvgIpc) is 3.39. The molecule has 2 heterocycles. The second-order valence-electron chi connectivity index (χ2n) is 6.60. The van der Waals surface area contributed by atoms with E-state index < -0.39 is 0 Å². The third kappa shape index (κ3) is 6.75. The molecule has 1 amide bonds. The first-order valence-electron chi connectivity index (χ1n) is 9.56. The molecule has 10 heteroatoms. The maximum atomic E-state index is 12.5. The number of thiazole rings is 1. The van der Waals surface area contributed by atoms with Crippen molar-refractivity contribution in [1.82, 2.24) is 9.88 Å². The van der Waals surface area contributed by atoms with Crippen molar-refractivity contribution < 1.29 is 14.3 Å². The molecule has 0 atom stereocenters. The van der Waals surface area contributed by atoms with Crippen LogP contribution in [-0.2, 0) is 14.3 Å². The predicted molar refractivity (Wildman–Crippen MR) is 121 cm³/mol. The molecule has 1 aliphatic rings. The molecule has 30 heavy (non-hydrogen) atoms. The Bertz CT molecular complexity index is 891. The molecule has 3 rings (SSSR count). The molecule has 0 radical (unpaired) electrons. The van der Waals surface area contributed by atoms with E-state index in [0.717, 1.165) is 29.2 Å². The van der Waals surface area contributed by atoms with Crippen molar-refractivity contribution in [3.05, 3.63) is 45.3 Å². The lowest BCUT2D eigenvalue weighted by Gasteiger charge is -2.15. The Kier molecular flexibility index (Phi) is 9.07. The van der Waals surface area contributed by atoms with Gasteiger partial charge >= 0.3 is 0 Å². The van der Waals surface area contributed by atoms with E-state index in [4.69, 9.17) is 38.4 Å². The van der Waals surface area contributed by atoms with E-state index in [1.54, 1.807) is 12.1 Å². The normalized spacial score (nSPS) is 14.2. The number of halogens is 2. The fraction of sp³-hybridized carbons (Fsp3) is 0.400. The van der Waals surface area contributed by atoms with Crippen LogP contribution in [-0.4, -0.2) is 68.4 Å². The second kappa shape index (κ2) is 11.8. The van der Waals surface area contributed by atoms with Gasteiger partial charge in [0.1, 0.15) is 10.8 Å². The predicted octanol–water partition coefficient (Wildman–Crippen LogP) is 3.29. The highest BCUT2D eigenvalue weighted by Gasteiger charge is 2.20. The zero-order chi connectivity index (χ0) is 21.3. The van der Waals surface area contributed by atoms with Gasteiger partial charge in [0, 0.05) is 42.7 Å². The summed E-state index contributed by atoms with van der Waals surface area (Å²) in [7, 11) is 0. The van der Waals surface area contributed by atoms with E-state index in [2.05, 4.69) is 15.2 Å². The van der Waals surface area contributed by atoms with Gasteiger partial charge in [0.25, 0.3) is 5.91 Å². The lowest BCUT2D eigenvalue weighted by atomic mass is 10.2. The van der Waals surface area contributed by atoms with Gasteiger partial charge in [-0.1, -0.05) is 35.3 Å². The molecule has 3 N–H and O–H groups in total. The van der Waals surface area contributed by atoms with Crippen molar-refractivity contribution >= 4 is 46.3 Å². The molecule has 0 fully saturated rings. The van der Waals surface area contributed by atoms with Crippen molar-refractivity contribution in [3.63, 3.8) is 0 Å². The standard InChI is InChI=1S/C20H24Cl2N4O3S/c21-16-2-1-14(11-17(16)22)20-25-18(13-30-20)24-19(27)15-3-5-26(12-15)6-8-29-10-9-28-7-4-23/h1-3,11,13H,4-10,12,23H2,(H,24,27). The molecule has 0 bridgehead atoms. The van der Waals surface area contributed by atoms with Gasteiger partial charge in [-0.15, -0.1) is 11.3 Å². The first-order valence-corrected chi connectivity index (χ1v) is 11.2. The number of hydrogen-bond donors (Lipinski definition) is 2. The van der Waals surface area contributed by atoms with Gasteiger partial charge in [0.15, 0.2) is 0 Å². The van der Waals surface area contributed by atoms with E-state index in [0.29, 0.717) is 55.4 Å². The zero-order valence-corrected chi connectivity index (χ0v) is 18.7. The Labute approximate surface area is 189 Å². The van der Waals surface area contributed by atoms with Gasteiger partial charge in [0.2, 0.25) is 0 Å². The number of benzene rings is 1. The molecule has 0 saturated heterocycles. The summed E-state index contributed by atoms with van der Waals surface area (Å²) in [6.07, 6.45) is 1.94. The fourth-order valence-electron chi connectivity index (χ4n) is 2.83. The SMILES string of the molecule is NCCOCCOCCN1CC=C(C(=O)Nc2csc(-c3ccc(Cl)c(Cl)c3)n2)C1. The van der Waals surface area contributed by atoms with Crippen molar-refractivity contribution in [2.45, 2.75) is 0 Å². The van der Waals surface area contributed by atoms with Crippen LogP contribution in [0.3, 0.4) is 0 Å². The average molecular weight is 471 g/mol. The second-order valence-corrected chi connectivity index (χ2v) is 8.27. The van der Waals surface area contributed by atoms with Crippen LogP contribution in [0.25, 0.3) is 10.6 Å². The number of ether oxygens (including phenoxy) is 2. The zero-order valence-electron chi connectivity index (χ0n) is 16.4. The summed E-state index contributed by atoms with van der Waals surface area (Å²) in [4.78, 5) is 19.2. The summed E-state index contributed by atoms with van der Waals surface area (Å²) in [6.45, 7) is 4.80. The Morgan fingerprint density at radius 3 is 2.77 bits per heavy atom. The van der Waals surface area contributed by atoms with E-state index >= 15 is 0 Å². The minimum atomic E-state index is -0.139. The molecule has 7 nitrogen and oxygen atoms in total. The lowest BCUT2D eigenvalue weighted by molar-refractivity contribution is -0.113. The smallest absolute Gasteiger partial charge is 0.253 e. The van der Waals surface area contributed by atoms with Crippen LogP contribution in [0.2, 0.25) is 10.0 Å². The summed E-state index contributed by atoms with van der Waals surface area (Å²) in [5.74, 6) is 0.380. The number of nitrogens with one attached hydrogen (secondary N) is 1. The molecule has 162 valence electrons. The highest BCUT2D eigenvalue weighted by molar-refractivity contribution is 7.13. The molecule has 0 unspecified atom stereocenters. The summed E-state index contributed by atoms with van der Waals surface area (Å²) in [5, 5.41) is 6.40. The third-order valence-electron chi connectivity index (χ3n) is 4.38. The Morgan fingerprint density at radius 2 is 2.00 bits per heavy atom. The number of carbonyl (C=O) groups excluding carboxylic acids is 1. The van der Waals surface area contributed by atoms with Crippen LogP contribution in [0.5, 0.6) is 0 Å². The fourth-order valence-corrected chi connectivity index (χ4v) is 3.88. The third-order valence-corrected chi connectivity index (χ3v) is 6.01. The number of amides is 1. The largest absolute Gasteiger partial charge is 0.378 e. The molecule has 0 saturated carbocycles. The van der Waals surface area contributed by atoms with Crippen molar-refractivity contribution in [1.29, 1.82) is 0 Å². The molecule has 1 aliphatic heterocycles. The number of carbonyl (C=O) groups is 1. The Morgan fingerprint density at radius 1 is 1.20 bits per heavy atom. The monoisotopic (exact) mass is 470 g/mol. The topological polar surface area (TPSA) is 89.7 Å². The van der Waals surface area contributed by atoms with Crippen LogP contribution in [0.4, 0.5) is 5.82 Å². The quantitative estimate of drug-likeness (QED) is 0.489. The number of anilines is 1. The van der Waals surface area contributed by atoms with Crippen LogP contribution in [0.1, 0.15) is 0 Å². The van der Waals surface area contributed by atoms with Crippen LogP contribution >= 0.6 is 34.5 Å². The van der Waals surface area contributed by atoms with Gasteiger partial charge in [-0.05, 0) is 12.1 Å². The minimum Gasteiger partial charge on any atom is -0.378 e. The minimum absolute atomic E-state index is 0.139. The van der Waals surface area contributed by atoms with Crippen LogP contribution in [0.15, 0.2) is 35.2 Å².